The molecule has 3 nitrogen and oxygen atoms in total. The van der Waals surface area contributed by atoms with Crippen molar-refractivity contribution < 1.29 is 15.3 Å². The van der Waals surface area contributed by atoms with E-state index in [1.54, 1.807) is 12.1 Å². The van der Waals surface area contributed by atoms with Crippen LogP contribution in [0.3, 0.4) is 0 Å². The molecule has 0 saturated carbocycles. The van der Waals surface area contributed by atoms with Crippen LogP contribution < -0.4 is 0 Å². The Bertz CT molecular complexity index is 554. The van der Waals surface area contributed by atoms with Crippen molar-refractivity contribution in [1.29, 1.82) is 0 Å². The zero-order valence-corrected chi connectivity index (χ0v) is 9.73. The third-order valence-electron chi connectivity index (χ3n) is 2.94. The smallest absolute Gasteiger partial charge is 0.127 e. The molecule has 3 heteroatoms. The lowest BCUT2D eigenvalue weighted by Crippen LogP contribution is -1.89. The van der Waals surface area contributed by atoms with Crippen LogP contribution in [0.2, 0.25) is 0 Å². The van der Waals surface area contributed by atoms with E-state index in [0.717, 1.165) is 11.1 Å². The predicted octanol–water partition coefficient (Wildman–Crippen LogP) is 3.09. The number of aryl methyl sites for hydroxylation is 1. The van der Waals surface area contributed by atoms with Crippen molar-refractivity contribution in [3.63, 3.8) is 0 Å². The van der Waals surface area contributed by atoms with Crippen LogP contribution in [0, 0.1) is 13.8 Å². The van der Waals surface area contributed by atoms with E-state index in [9.17, 15) is 15.3 Å². The molecule has 17 heavy (non-hydrogen) atoms. The second-order valence-electron chi connectivity index (χ2n) is 4.11. The molecule has 0 radical (unpaired) electrons. The summed E-state index contributed by atoms with van der Waals surface area (Å²) < 4.78 is 0. The third kappa shape index (κ3) is 1.91. The van der Waals surface area contributed by atoms with Gasteiger partial charge in [-0.05, 0) is 54.8 Å². The maximum atomic E-state index is 9.81. The molecule has 0 aliphatic heterocycles. The Morgan fingerprint density at radius 1 is 0.882 bits per heavy atom. The summed E-state index contributed by atoms with van der Waals surface area (Å²) in [6, 6.07) is 7.77. The zero-order valence-electron chi connectivity index (χ0n) is 9.73. The van der Waals surface area contributed by atoms with Gasteiger partial charge in [0, 0.05) is 0 Å². The quantitative estimate of drug-likeness (QED) is 0.705. The van der Waals surface area contributed by atoms with Gasteiger partial charge in [-0.2, -0.15) is 0 Å². The van der Waals surface area contributed by atoms with Crippen LogP contribution in [0.5, 0.6) is 17.2 Å². The minimum absolute atomic E-state index is 0.00176. The highest BCUT2D eigenvalue weighted by atomic mass is 16.3. The predicted molar refractivity (Wildman–Crippen MR) is 66.3 cm³/mol. The Morgan fingerprint density at radius 2 is 1.47 bits per heavy atom. The molecule has 0 atom stereocenters. The number of hydrogen-bond acceptors (Lipinski definition) is 3. The second-order valence-corrected chi connectivity index (χ2v) is 4.11. The van der Waals surface area contributed by atoms with E-state index in [-0.39, 0.29) is 17.2 Å². The molecule has 0 fully saturated rings. The molecular formula is C14H14O3. The SMILES string of the molecule is Cc1cc(O)cc(-c2c(O)cccc2O)c1C. The summed E-state index contributed by atoms with van der Waals surface area (Å²) >= 11 is 0. The number of benzene rings is 2. The number of rotatable bonds is 1. The van der Waals surface area contributed by atoms with Gasteiger partial charge in [0.05, 0.1) is 5.56 Å². The van der Waals surface area contributed by atoms with E-state index in [4.69, 9.17) is 0 Å². The molecule has 0 unspecified atom stereocenters. The Hall–Kier alpha value is -2.16. The topological polar surface area (TPSA) is 60.7 Å². The van der Waals surface area contributed by atoms with Gasteiger partial charge in [0.1, 0.15) is 17.2 Å². The van der Waals surface area contributed by atoms with Crippen molar-refractivity contribution in [2.24, 2.45) is 0 Å². The molecule has 3 N–H and O–H groups in total. The van der Waals surface area contributed by atoms with Gasteiger partial charge in [0.2, 0.25) is 0 Å². The van der Waals surface area contributed by atoms with Gasteiger partial charge in [0.25, 0.3) is 0 Å². The monoisotopic (exact) mass is 230 g/mol. The van der Waals surface area contributed by atoms with Crippen molar-refractivity contribution in [1.82, 2.24) is 0 Å². The number of aromatic hydroxyl groups is 3. The standard InChI is InChI=1S/C14H14O3/c1-8-6-10(15)7-11(9(8)2)14-12(16)4-3-5-13(14)17/h3-7,15-17H,1-2H3. The van der Waals surface area contributed by atoms with Crippen molar-refractivity contribution in [3.8, 4) is 28.4 Å². The maximum absolute atomic E-state index is 9.81. The number of hydrogen-bond donors (Lipinski definition) is 3. The lowest BCUT2D eigenvalue weighted by atomic mass is 9.95. The minimum atomic E-state index is -0.00176. The molecule has 0 saturated heterocycles. The average Bonchev–Trinajstić information content (AvgIpc) is 2.24. The molecule has 0 aromatic heterocycles. The summed E-state index contributed by atoms with van der Waals surface area (Å²) in [6.07, 6.45) is 0. The molecule has 0 amide bonds. The van der Waals surface area contributed by atoms with Crippen LogP contribution in [-0.4, -0.2) is 15.3 Å². The van der Waals surface area contributed by atoms with Gasteiger partial charge >= 0.3 is 0 Å². The zero-order chi connectivity index (χ0) is 12.6. The van der Waals surface area contributed by atoms with Crippen molar-refractivity contribution in [2.45, 2.75) is 13.8 Å². The van der Waals surface area contributed by atoms with Crippen LogP contribution >= 0.6 is 0 Å². The van der Waals surface area contributed by atoms with Gasteiger partial charge in [-0.15, -0.1) is 0 Å². The van der Waals surface area contributed by atoms with Gasteiger partial charge in [-0.3, -0.25) is 0 Å². The average molecular weight is 230 g/mol. The van der Waals surface area contributed by atoms with Gasteiger partial charge < -0.3 is 15.3 Å². The molecule has 0 aliphatic carbocycles. The van der Waals surface area contributed by atoms with E-state index in [1.807, 2.05) is 13.8 Å². The van der Waals surface area contributed by atoms with Crippen LogP contribution in [0.4, 0.5) is 0 Å². The van der Waals surface area contributed by atoms with Crippen LogP contribution in [0.1, 0.15) is 11.1 Å². The molecule has 2 aromatic carbocycles. The Kier molecular flexibility index (Phi) is 2.68. The summed E-state index contributed by atoms with van der Waals surface area (Å²) in [4.78, 5) is 0. The third-order valence-corrected chi connectivity index (χ3v) is 2.94. The molecule has 0 aliphatic rings. The van der Waals surface area contributed by atoms with Crippen molar-refractivity contribution in [2.75, 3.05) is 0 Å². The molecule has 2 rings (SSSR count). The van der Waals surface area contributed by atoms with E-state index >= 15 is 0 Å². The summed E-state index contributed by atoms with van der Waals surface area (Å²) in [7, 11) is 0. The van der Waals surface area contributed by atoms with E-state index in [0.29, 0.717) is 11.1 Å². The Balaban J connectivity index is 2.77. The van der Waals surface area contributed by atoms with E-state index in [1.165, 1.54) is 18.2 Å². The molecule has 0 heterocycles. The first kappa shape index (κ1) is 11.3. The normalized spacial score (nSPS) is 10.5. The Morgan fingerprint density at radius 3 is 2.06 bits per heavy atom. The summed E-state index contributed by atoms with van der Waals surface area (Å²) in [5.74, 6) is 0.113. The first-order chi connectivity index (χ1) is 8.00. The van der Waals surface area contributed by atoms with Gasteiger partial charge in [-0.25, -0.2) is 0 Å². The van der Waals surface area contributed by atoms with Gasteiger partial charge in [-0.1, -0.05) is 6.07 Å². The first-order valence-electron chi connectivity index (χ1n) is 5.32. The molecule has 2 aromatic rings. The fraction of sp³-hybridized carbons (Fsp3) is 0.143. The highest BCUT2D eigenvalue weighted by Crippen LogP contribution is 2.40. The molecular weight excluding hydrogens is 216 g/mol. The van der Waals surface area contributed by atoms with Crippen molar-refractivity contribution in [3.05, 3.63) is 41.5 Å². The fourth-order valence-electron chi connectivity index (χ4n) is 1.90. The van der Waals surface area contributed by atoms with E-state index in [2.05, 4.69) is 0 Å². The van der Waals surface area contributed by atoms with Crippen LogP contribution in [0.25, 0.3) is 11.1 Å². The Labute approximate surface area is 99.6 Å². The lowest BCUT2D eigenvalue weighted by molar-refractivity contribution is 0.454. The maximum Gasteiger partial charge on any atom is 0.127 e. The largest absolute Gasteiger partial charge is 0.508 e. The highest BCUT2D eigenvalue weighted by molar-refractivity contribution is 5.80. The van der Waals surface area contributed by atoms with Crippen LogP contribution in [-0.2, 0) is 0 Å². The summed E-state index contributed by atoms with van der Waals surface area (Å²) in [5, 5.41) is 29.2. The number of phenols is 3. The first-order valence-corrected chi connectivity index (χ1v) is 5.32. The second kappa shape index (κ2) is 4.01. The highest BCUT2D eigenvalue weighted by Gasteiger charge is 2.14. The summed E-state index contributed by atoms with van der Waals surface area (Å²) in [5.41, 5.74) is 2.81. The molecule has 0 bridgehead atoms. The van der Waals surface area contributed by atoms with E-state index < -0.39 is 0 Å². The van der Waals surface area contributed by atoms with Crippen LogP contribution in [0.15, 0.2) is 30.3 Å². The summed E-state index contributed by atoms with van der Waals surface area (Å²) in [6.45, 7) is 3.76. The van der Waals surface area contributed by atoms with Crippen molar-refractivity contribution >= 4 is 0 Å². The van der Waals surface area contributed by atoms with Gasteiger partial charge in [0.15, 0.2) is 0 Å². The molecule has 0 spiro atoms. The fourth-order valence-corrected chi connectivity index (χ4v) is 1.90. The molecule has 88 valence electrons. The minimum Gasteiger partial charge on any atom is -0.508 e. The number of phenolic OH excluding ortho intramolecular Hbond substituents is 3. The lowest BCUT2D eigenvalue weighted by Gasteiger charge is -2.12.